The minimum absolute atomic E-state index is 0.351. The number of rotatable bonds is 5. The fourth-order valence-electron chi connectivity index (χ4n) is 3.49. The quantitative estimate of drug-likeness (QED) is 0.751. The molecule has 1 saturated heterocycles. The SMILES string of the molecule is CCc1cc(NC2CCCN(c3cnn(C)c3)C2)nc(-c2ccncc2)n1. The van der Waals surface area contributed by atoms with Gasteiger partial charge >= 0.3 is 0 Å². The average molecular weight is 363 g/mol. The molecule has 3 aromatic rings. The molecule has 7 nitrogen and oxygen atoms in total. The Labute approximate surface area is 159 Å². The summed E-state index contributed by atoms with van der Waals surface area (Å²) in [7, 11) is 1.96. The monoisotopic (exact) mass is 363 g/mol. The topological polar surface area (TPSA) is 71.8 Å². The maximum Gasteiger partial charge on any atom is 0.161 e. The Kier molecular flexibility index (Phi) is 5.00. The predicted molar refractivity (Wildman–Crippen MR) is 107 cm³/mol. The van der Waals surface area contributed by atoms with Gasteiger partial charge in [0.1, 0.15) is 5.82 Å². The summed E-state index contributed by atoms with van der Waals surface area (Å²) in [4.78, 5) is 15.9. The summed E-state index contributed by atoms with van der Waals surface area (Å²) in [5.41, 5.74) is 3.21. The molecule has 1 fully saturated rings. The summed E-state index contributed by atoms with van der Waals surface area (Å²) in [6.07, 6.45) is 10.7. The first kappa shape index (κ1) is 17.5. The third-order valence-corrected chi connectivity index (χ3v) is 4.91. The smallest absolute Gasteiger partial charge is 0.161 e. The summed E-state index contributed by atoms with van der Waals surface area (Å²) in [5, 5.41) is 7.93. The van der Waals surface area contributed by atoms with Crippen LogP contribution in [0.3, 0.4) is 0 Å². The Morgan fingerprint density at radius 3 is 2.81 bits per heavy atom. The van der Waals surface area contributed by atoms with E-state index in [0.29, 0.717) is 6.04 Å². The van der Waals surface area contributed by atoms with Gasteiger partial charge in [-0.3, -0.25) is 9.67 Å². The standard InChI is InChI=1S/C20H25N7/c1-3-16-11-19(25-20(24-16)15-6-8-21-9-7-15)23-17-5-4-10-27(13-17)18-12-22-26(2)14-18/h6-9,11-12,14,17H,3-5,10,13H2,1-2H3,(H,23,24,25). The lowest BCUT2D eigenvalue weighted by Gasteiger charge is -2.34. The number of pyridine rings is 1. The van der Waals surface area contributed by atoms with Crippen LogP contribution in [0.1, 0.15) is 25.5 Å². The van der Waals surface area contributed by atoms with E-state index >= 15 is 0 Å². The first-order chi connectivity index (χ1) is 13.2. The third-order valence-electron chi connectivity index (χ3n) is 4.91. The normalized spacial score (nSPS) is 17.1. The van der Waals surface area contributed by atoms with Crippen LogP contribution in [0.4, 0.5) is 11.5 Å². The van der Waals surface area contributed by atoms with Gasteiger partial charge in [-0.05, 0) is 31.4 Å². The third kappa shape index (κ3) is 4.07. The second-order valence-corrected chi connectivity index (χ2v) is 6.96. The highest BCUT2D eigenvalue weighted by molar-refractivity contribution is 5.57. The largest absolute Gasteiger partial charge is 0.367 e. The Hall–Kier alpha value is -2.96. The molecule has 1 aliphatic heterocycles. The molecule has 1 aliphatic rings. The number of anilines is 2. The Balaban J connectivity index is 1.53. The van der Waals surface area contributed by atoms with Gasteiger partial charge in [0, 0.05) is 62.1 Å². The van der Waals surface area contributed by atoms with E-state index in [9.17, 15) is 0 Å². The van der Waals surface area contributed by atoms with Gasteiger partial charge in [-0.15, -0.1) is 0 Å². The Morgan fingerprint density at radius 2 is 2.07 bits per heavy atom. The summed E-state index contributed by atoms with van der Waals surface area (Å²) >= 11 is 0. The van der Waals surface area contributed by atoms with Crippen LogP contribution in [0.5, 0.6) is 0 Å². The van der Waals surface area contributed by atoms with Crippen LogP contribution in [0.25, 0.3) is 11.4 Å². The predicted octanol–water partition coefficient (Wildman–Crippen LogP) is 2.92. The van der Waals surface area contributed by atoms with E-state index < -0.39 is 0 Å². The minimum atomic E-state index is 0.351. The molecular formula is C20H25N7. The Bertz CT molecular complexity index is 890. The van der Waals surface area contributed by atoms with Crippen LogP contribution in [0, 0.1) is 0 Å². The van der Waals surface area contributed by atoms with Gasteiger partial charge in [0.15, 0.2) is 5.82 Å². The highest BCUT2D eigenvalue weighted by Gasteiger charge is 2.21. The average Bonchev–Trinajstić information content (AvgIpc) is 3.15. The lowest BCUT2D eigenvalue weighted by atomic mass is 10.1. The van der Waals surface area contributed by atoms with E-state index in [1.54, 1.807) is 12.4 Å². The number of aromatic nitrogens is 5. The molecule has 0 aromatic carbocycles. The summed E-state index contributed by atoms with van der Waals surface area (Å²) in [6, 6.07) is 6.31. The second kappa shape index (κ2) is 7.73. The number of aryl methyl sites for hydroxylation is 2. The molecule has 0 amide bonds. The van der Waals surface area contributed by atoms with E-state index in [4.69, 9.17) is 4.98 Å². The van der Waals surface area contributed by atoms with Gasteiger partial charge in [0.05, 0.1) is 11.9 Å². The van der Waals surface area contributed by atoms with Gasteiger partial charge in [-0.25, -0.2) is 9.97 Å². The van der Waals surface area contributed by atoms with Crippen LogP contribution in [-0.4, -0.2) is 43.9 Å². The molecule has 0 spiro atoms. The molecule has 7 heteroatoms. The van der Waals surface area contributed by atoms with Crippen LogP contribution in [-0.2, 0) is 13.5 Å². The molecule has 1 N–H and O–H groups in total. The van der Waals surface area contributed by atoms with Gasteiger partial charge in [0.25, 0.3) is 0 Å². The van der Waals surface area contributed by atoms with E-state index in [1.165, 1.54) is 5.69 Å². The molecule has 0 saturated carbocycles. The van der Waals surface area contributed by atoms with Crippen molar-refractivity contribution < 1.29 is 0 Å². The summed E-state index contributed by atoms with van der Waals surface area (Å²) in [5.74, 6) is 1.64. The first-order valence-corrected chi connectivity index (χ1v) is 9.50. The molecule has 0 bridgehead atoms. The van der Waals surface area contributed by atoms with Crippen molar-refractivity contribution >= 4 is 11.5 Å². The van der Waals surface area contributed by atoms with Crippen molar-refractivity contribution in [3.63, 3.8) is 0 Å². The zero-order valence-electron chi connectivity index (χ0n) is 15.8. The van der Waals surface area contributed by atoms with Crippen molar-refractivity contribution in [2.75, 3.05) is 23.3 Å². The van der Waals surface area contributed by atoms with Gasteiger partial charge in [-0.2, -0.15) is 5.10 Å². The van der Waals surface area contributed by atoms with Crippen molar-refractivity contribution in [2.24, 2.45) is 7.05 Å². The maximum absolute atomic E-state index is 4.76. The zero-order chi connectivity index (χ0) is 18.6. The number of nitrogens with zero attached hydrogens (tertiary/aromatic N) is 6. The zero-order valence-corrected chi connectivity index (χ0v) is 15.8. The van der Waals surface area contributed by atoms with Crippen LogP contribution < -0.4 is 10.2 Å². The van der Waals surface area contributed by atoms with Crippen molar-refractivity contribution in [3.8, 4) is 11.4 Å². The van der Waals surface area contributed by atoms with Gasteiger partial charge < -0.3 is 10.2 Å². The van der Waals surface area contributed by atoms with Crippen molar-refractivity contribution in [1.82, 2.24) is 24.7 Å². The lowest BCUT2D eigenvalue weighted by Crippen LogP contribution is -2.42. The maximum atomic E-state index is 4.76. The molecule has 1 unspecified atom stereocenters. The minimum Gasteiger partial charge on any atom is -0.367 e. The first-order valence-electron chi connectivity index (χ1n) is 9.50. The Morgan fingerprint density at radius 1 is 1.22 bits per heavy atom. The molecule has 27 heavy (non-hydrogen) atoms. The molecule has 140 valence electrons. The van der Waals surface area contributed by atoms with E-state index in [0.717, 1.165) is 55.3 Å². The van der Waals surface area contributed by atoms with Crippen molar-refractivity contribution in [1.29, 1.82) is 0 Å². The highest BCUT2D eigenvalue weighted by Crippen LogP contribution is 2.23. The fourth-order valence-corrected chi connectivity index (χ4v) is 3.49. The molecule has 4 rings (SSSR count). The lowest BCUT2D eigenvalue weighted by molar-refractivity contribution is 0.528. The van der Waals surface area contributed by atoms with Crippen molar-refractivity contribution in [3.05, 3.63) is 48.7 Å². The van der Waals surface area contributed by atoms with Crippen molar-refractivity contribution in [2.45, 2.75) is 32.2 Å². The molecule has 1 atom stereocenters. The highest BCUT2D eigenvalue weighted by atomic mass is 15.3. The van der Waals surface area contributed by atoms with Gasteiger partial charge in [0.2, 0.25) is 0 Å². The molecule has 0 radical (unpaired) electrons. The molecule has 3 aromatic heterocycles. The van der Waals surface area contributed by atoms with Crippen LogP contribution >= 0.6 is 0 Å². The molecular weight excluding hydrogens is 338 g/mol. The number of nitrogens with one attached hydrogen (secondary N) is 1. The number of piperidine rings is 1. The summed E-state index contributed by atoms with van der Waals surface area (Å²) < 4.78 is 1.85. The number of hydrogen-bond donors (Lipinski definition) is 1. The fraction of sp³-hybridized carbons (Fsp3) is 0.400. The van der Waals surface area contributed by atoms with Crippen LogP contribution in [0.2, 0.25) is 0 Å². The number of hydrogen-bond acceptors (Lipinski definition) is 6. The summed E-state index contributed by atoms with van der Waals surface area (Å²) in [6.45, 7) is 4.13. The molecule has 0 aliphatic carbocycles. The van der Waals surface area contributed by atoms with Gasteiger partial charge in [-0.1, -0.05) is 6.92 Å². The van der Waals surface area contributed by atoms with Crippen LogP contribution in [0.15, 0.2) is 43.0 Å². The van der Waals surface area contributed by atoms with E-state index in [1.807, 2.05) is 30.1 Å². The molecule has 4 heterocycles. The van der Waals surface area contributed by atoms with E-state index in [-0.39, 0.29) is 0 Å². The second-order valence-electron chi connectivity index (χ2n) is 6.96. The van der Waals surface area contributed by atoms with E-state index in [2.05, 4.69) is 44.5 Å².